The van der Waals surface area contributed by atoms with Gasteiger partial charge < -0.3 is 14.4 Å². The number of hydrogen-bond donors (Lipinski definition) is 0. The molecule has 0 unspecified atom stereocenters. The number of nitrogens with zero attached hydrogens (tertiary/aromatic N) is 7. The Hall–Kier alpha value is -3.56. The average molecular weight is 604 g/mol. The van der Waals surface area contributed by atoms with Gasteiger partial charge in [0.2, 0.25) is 5.82 Å². The minimum absolute atomic E-state index is 0.0218. The molecule has 0 aliphatic carbocycles. The molecule has 0 radical (unpaired) electrons. The summed E-state index contributed by atoms with van der Waals surface area (Å²) < 4.78 is 52.4. The number of ether oxygens (including phenoxy) is 2. The van der Waals surface area contributed by atoms with E-state index < -0.39 is 15.7 Å². The zero-order valence-electron chi connectivity index (χ0n) is 22.7. The lowest BCUT2D eigenvalue weighted by molar-refractivity contribution is 0.248. The van der Waals surface area contributed by atoms with Crippen LogP contribution in [0.1, 0.15) is 18.1 Å². The van der Waals surface area contributed by atoms with Crippen LogP contribution >= 0.6 is 11.3 Å². The summed E-state index contributed by atoms with van der Waals surface area (Å²) in [7, 11) is -3.15. The normalized spacial score (nSPS) is 16.5. The molecule has 3 aromatic heterocycles. The predicted molar refractivity (Wildman–Crippen MR) is 154 cm³/mol. The van der Waals surface area contributed by atoms with Crippen molar-refractivity contribution in [2.75, 3.05) is 62.8 Å². The molecule has 1 aromatic carbocycles. The minimum Gasteiger partial charge on any atom is -0.492 e. The van der Waals surface area contributed by atoms with Gasteiger partial charge in [-0.3, -0.25) is 14.3 Å². The number of aromatic nitrogens is 5. The smallest absolute Gasteiger partial charge is 0.309 e. The molecule has 4 aromatic rings. The van der Waals surface area contributed by atoms with Crippen molar-refractivity contribution in [2.24, 2.45) is 0 Å². The first kappa shape index (κ1) is 27.6. The first-order chi connectivity index (χ1) is 19.7. The van der Waals surface area contributed by atoms with Gasteiger partial charge in [-0.25, -0.2) is 22.8 Å². The number of aryl methyl sites for hydroxylation is 1. The van der Waals surface area contributed by atoms with Gasteiger partial charge in [0, 0.05) is 58.0 Å². The van der Waals surface area contributed by atoms with Crippen LogP contribution in [0, 0.1) is 12.7 Å². The predicted octanol–water partition coefficient (Wildman–Crippen LogP) is 1.96. The van der Waals surface area contributed by atoms with Crippen LogP contribution in [0.25, 0.3) is 21.8 Å². The summed E-state index contributed by atoms with van der Waals surface area (Å²) in [5, 5.41) is 4.54. The molecule has 0 N–H and O–H groups in total. The number of piperazine rings is 1. The number of hydrogen-bond acceptors (Lipinski definition) is 11. The van der Waals surface area contributed by atoms with Crippen LogP contribution in [0.2, 0.25) is 0 Å². The number of anilines is 1. The lowest BCUT2D eigenvalue weighted by Gasteiger charge is -2.36. The summed E-state index contributed by atoms with van der Waals surface area (Å²) >= 11 is 1.12. The van der Waals surface area contributed by atoms with Gasteiger partial charge in [0.15, 0.2) is 26.9 Å². The molecular weight excluding hydrogens is 573 g/mol. The maximum Gasteiger partial charge on any atom is 0.309 e. The Morgan fingerprint density at radius 2 is 1.93 bits per heavy atom. The number of halogens is 1. The molecular formula is C26H30FN7O5S2. The fraction of sp³-hybridized carbons (Fsp3) is 0.462. The SMILES string of the molecule is Cc1nc2c(sc(=O)n2CCN2CCN(c3ccc(OCCS(C)(=O)=O)cc3F)CC2)c2nc(C3=CCCO3)nn12. The maximum atomic E-state index is 14.8. The number of sulfone groups is 1. The summed E-state index contributed by atoms with van der Waals surface area (Å²) in [6.45, 7) is 6.24. The Morgan fingerprint density at radius 3 is 2.63 bits per heavy atom. The average Bonchev–Trinajstić information content (AvgIpc) is 3.67. The largest absolute Gasteiger partial charge is 0.492 e. The highest BCUT2D eigenvalue weighted by atomic mass is 32.2. The van der Waals surface area contributed by atoms with E-state index in [0.29, 0.717) is 90.7 Å². The number of rotatable bonds is 9. The second kappa shape index (κ2) is 11.0. The van der Waals surface area contributed by atoms with Crippen LogP contribution < -0.4 is 14.5 Å². The second-order valence-electron chi connectivity index (χ2n) is 10.1. The molecule has 0 atom stereocenters. The second-order valence-corrected chi connectivity index (χ2v) is 13.3. The van der Waals surface area contributed by atoms with Gasteiger partial charge >= 0.3 is 4.87 Å². The van der Waals surface area contributed by atoms with E-state index in [1.54, 1.807) is 21.2 Å². The molecule has 6 rings (SSSR count). The van der Waals surface area contributed by atoms with Crippen molar-refractivity contribution < 1.29 is 22.3 Å². The molecule has 0 bridgehead atoms. The minimum atomic E-state index is -3.15. The van der Waals surface area contributed by atoms with Crippen molar-refractivity contribution in [3.63, 3.8) is 0 Å². The first-order valence-electron chi connectivity index (χ1n) is 13.3. The van der Waals surface area contributed by atoms with E-state index in [-0.39, 0.29) is 17.2 Å². The van der Waals surface area contributed by atoms with Crippen molar-refractivity contribution in [3.8, 4) is 5.75 Å². The van der Waals surface area contributed by atoms with Crippen molar-refractivity contribution in [2.45, 2.75) is 19.9 Å². The number of fused-ring (bicyclic) bond motifs is 3. The fourth-order valence-corrected chi connectivity index (χ4v) is 6.33. The number of thiazole rings is 1. The van der Waals surface area contributed by atoms with Gasteiger partial charge in [-0.15, -0.1) is 5.10 Å². The Kier molecular flexibility index (Phi) is 7.42. The highest BCUT2D eigenvalue weighted by Crippen LogP contribution is 2.27. The highest BCUT2D eigenvalue weighted by Gasteiger charge is 2.23. The number of benzene rings is 1. The van der Waals surface area contributed by atoms with Crippen LogP contribution in [0.4, 0.5) is 10.1 Å². The van der Waals surface area contributed by atoms with Crippen LogP contribution in [-0.4, -0.2) is 95.4 Å². The van der Waals surface area contributed by atoms with Gasteiger partial charge in [-0.2, -0.15) is 4.52 Å². The first-order valence-corrected chi connectivity index (χ1v) is 16.2. The monoisotopic (exact) mass is 603 g/mol. The molecule has 0 saturated carbocycles. The van der Waals surface area contributed by atoms with E-state index in [1.165, 1.54) is 6.07 Å². The third kappa shape index (κ3) is 5.78. The van der Waals surface area contributed by atoms with E-state index in [2.05, 4.69) is 15.0 Å². The van der Waals surface area contributed by atoms with Crippen LogP contribution in [0.5, 0.6) is 5.75 Å². The fourth-order valence-electron chi connectivity index (χ4n) is 5.01. The van der Waals surface area contributed by atoms with Gasteiger partial charge in [-0.1, -0.05) is 11.3 Å². The van der Waals surface area contributed by atoms with Gasteiger partial charge in [-0.05, 0) is 25.1 Å². The molecule has 218 valence electrons. The molecule has 41 heavy (non-hydrogen) atoms. The zero-order valence-corrected chi connectivity index (χ0v) is 24.4. The van der Waals surface area contributed by atoms with E-state index >= 15 is 0 Å². The maximum absolute atomic E-state index is 14.8. The van der Waals surface area contributed by atoms with Crippen LogP contribution in [0.3, 0.4) is 0 Å². The Balaban J connectivity index is 1.10. The Morgan fingerprint density at radius 1 is 1.12 bits per heavy atom. The molecule has 12 nitrogen and oxygen atoms in total. The van der Waals surface area contributed by atoms with Crippen molar-refractivity contribution in [1.82, 2.24) is 29.0 Å². The highest BCUT2D eigenvalue weighted by molar-refractivity contribution is 7.90. The van der Waals surface area contributed by atoms with E-state index in [0.717, 1.165) is 24.0 Å². The lowest BCUT2D eigenvalue weighted by atomic mass is 10.2. The summed E-state index contributed by atoms with van der Waals surface area (Å²) in [5.74, 6) is 1.55. The van der Waals surface area contributed by atoms with E-state index in [9.17, 15) is 17.6 Å². The van der Waals surface area contributed by atoms with Crippen LogP contribution in [-0.2, 0) is 21.1 Å². The molecule has 1 saturated heterocycles. The van der Waals surface area contributed by atoms with Crippen molar-refractivity contribution >= 4 is 48.6 Å². The summed E-state index contributed by atoms with van der Waals surface area (Å²) in [6.07, 6.45) is 3.92. The summed E-state index contributed by atoms with van der Waals surface area (Å²) in [4.78, 5) is 26.5. The molecule has 1 fully saturated rings. The third-order valence-electron chi connectivity index (χ3n) is 7.17. The van der Waals surface area contributed by atoms with E-state index in [1.807, 2.05) is 17.9 Å². The zero-order chi connectivity index (χ0) is 28.7. The molecule has 5 heterocycles. The van der Waals surface area contributed by atoms with Crippen molar-refractivity contribution in [1.29, 1.82) is 0 Å². The third-order valence-corrected chi connectivity index (χ3v) is 9.05. The molecule has 0 spiro atoms. The molecule has 0 amide bonds. The molecule has 2 aliphatic heterocycles. The van der Waals surface area contributed by atoms with Gasteiger partial charge in [0.25, 0.3) is 0 Å². The topological polar surface area (TPSA) is 124 Å². The Labute approximate surface area is 239 Å². The summed E-state index contributed by atoms with van der Waals surface area (Å²) in [5.41, 5.74) is 1.68. The van der Waals surface area contributed by atoms with Gasteiger partial charge in [0.05, 0.1) is 18.0 Å². The molecule has 15 heteroatoms. The van der Waals surface area contributed by atoms with Crippen LogP contribution in [0.15, 0.2) is 29.1 Å². The quantitative estimate of drug-likeness (QED) is 0.280. The molecule has 2 aliphatic rings. The standard InChI is InChI=1S/C26H30FN7O5S2/c1-17-28-24-22(25-29-23(30-34(17)25)21-4-3-13-39-21)40-26(35)33(24)12-9-31-7-10-32(11-8-31)20-6-5-18(16-19(20)27)38-14-15-41(2,36)37/h4-6,16H,3,7-15H2,1-2H3. The lowest BCUT2D eigenvalue weighted by Crippen LogP contribution is -2.47. The van der Waals surface area contributed by atoms with E-state index in [4.69, 9.17) is 14.5 Å². The van der Waals surface area contributed by atoms with Crippen molar-refractivity contribution in [3.05, 3.63) is 51.4 Å². The van der Waals surface area contributed by atoms with Gasteiger partial charge in [0.1, 0.15) is 28.7 Å². The Bertz CT molecular complexity index is 1810. The summed E-state index contributed by atoms with van der Waals surface area (Å²) in [6, 6.07) is 4.61.